The second kappa shape index (κ2) is 6.95. The molecule has 0 aromatic heterocycles. The van der Waals surface area contributed by atoms with Gasteiger partial charge in [0, 0.05) is 21.5 Å². The molecule has 2 rings (SSSR count). The maximum absolute atomic E-state index is 11.3. The van der Waals surface area contributed by atoms with Gasteiger partial charge in [0.05, 0.1) is 17.4 Å². The van der Waals surface area contributed by atoms with Gasteiger partial charge < -0.3 is 4.90 Å². The number of halogens is 2. The third kappa shape index (κ3) is 3.68. The van der Waals surface area contributed by atoms with Crippen molar-refractivity contribution in [2.24, 2.45) is 5.92 Å². The summed E-state index contributed by atoms with van der Waals surface area (Å²) in [4.78, 5) is 16.2. The number of rotatable bonds is 5. The van der Waals surface area contributed by atoms with Gasteiger partial charge in [0.1, 0.15) is 0 Å². The standard InChI is InChI=1S/C15H18Cl2N2OS/c1-4-18-8-19(9-20)14(10(2)3)15(18)21-13-6-11(16)5-12(17)7-13/h5-7,9-10H,4,8H2,1-3H3. The van der Waals surface area contributed by atoms with E-state index in [0.29, 0.717) is 16.7 Å². The Morgan fingerprint density at radius 2 is 1.90 bits per heavy atom. The van der Waals surface area contributed by atoms with Crippen molar-refractivity contribution in [2.75, 3.05) is 13.2 Å². The molecule has 1 aromatic rings. The smallest absolute Gasteiger partial charge is 0.215 e. The van der Waals surface area contributed by atoms with Crippen molar-refractivity contribution in [2.45, 2.75) is 25.7 Å². The highest BCUT2D eigenvalue weighted by atomic mass is 35.5. The quantitative estimate of drug-likeness (QED) is 0.725. The molecule has 0 fully saturated rings. The first-order valence-electron chi connectivity index (χ1n) is 6.81. The van der Waals surface area contributed by atoms with Gasteiger partial charge in [0.15, 0.2) is 0 Å². The maximum atomic E-state index is 11.3. The number of amides is 1. The molecule has 0 N–H and O–H groups in total. The monoisotopic (exact) mass is 344 g/mol. The number of thioether (sulfide) groups is 1. The molecule has 0 radical (unpaired) electrons. The Bertz CT molecular complexity index is 555. The van der Waals surface area contributed by atoms with Gasteiger partial charge in [-0.1, -0.05) is 48.8 Å². The number of benzene rings is 1. The van der Waals surface area contributed by atoms with Crippen LogP contribution < -0.4 is 0 Å². The Morgan fingerprint density at radius 1 is 1.29 bits per heavy atom. The van der Waals surface area contributed by atoms with Crippen LogP contribution in [0.4, 0.5) is 0 Å². The van der Waals surface area contributed by atoms with E-state index in [4.69, 9.17) is 23.2 Å². The predicted octanol–water partition coefficient (Wildman–Crippen LogP) is 4.66. The van der Waals surface area contributed by atoms with Crippen LogP contribution in [0.3, 0.4) is 0 Å². The molecule has 0 atom stereocenters. The minimum Gasteiger partial charge on any atom is -0.347 e. The van der Waals surface area contributed by atoms with Crippen LogP contribution in [0, 0.1) is 5.92 Å². The second-order valence-electron chi connectivity index (χ2n) is 5.12. The number of hydrogen-bond acceptors (Lipinski definition) is 3. The van der Waals surface area contributed by atoms with Crippen molar-refractivity contribution in [1.29, 1.82) is 0 Å². The normalized spacial score (nSPS) is 15.3. The first kappa shape index (κ1) is 16.5. The lowest BCUT2D eigenvalue weighted by atomic mass is 10.1. The van der Waals surface area contributed by atoms with E-state index in [-0.39, 0.29) is 5.92 Å². The molecule has 6 heteroatoms. The molecule has 0 bridgehead atoms. The van der Waals surface area contributed by atoms with Gasteiger partial charge in [-0.3, -0.25) is 9.69 Å². The average molecular weight is 345 g/mol. The predicted molar refractivity (Wildman–Crippen MR) is 89.3 cm³/mol. The fourth-order valence-electron chi connectivity index (χ4n) is 2.34. The van der Waals surface area contributed by atoms with E-state index in [0.717, 1.165) is 28.6 Å². The van der Waals surface area contributed by atoms with E-state index in [1.54, 1.807) is 22.7 Å². The van der Waals surface area contributed by atoms with Crippen LogP contribution in [0.15, 0.2) is 33.8 Å². The summed E-state index contributed by atoms with van der Waals surface area (Å²) < 4.78 is 0. The van der Waals surface area contributed by atoms with Gasteiger partial charge in [0.2, 0.25) is 6.41 Å². The third-order valence-electron chi connectivity index (χ3n) is 3.25. The number of carbonyl (C=O) groups excluding carboxylic acids is 1. The molecular weight excluding hydrogens is 327 g/mol. The molecule has 21 heavy (non-hydrogen) atoms. The Morgan fingerprint density at radius 3 is 2.38 bits per heavy atom. The highest BCUT2D eigenvalue weighted by Gasteiger charge is 2.30. The third-order valence-corrected chi connectivity index (χ3v) is 4.81. The number of carbonyl (C=O) groups is 1. The molecule has 1 aliphatic heterocycles. The van der Waals surface area contributed by atoms with Gasteiger partial charge in [-0.25, -0.2) is 0 Å². The van der Waals surface area contributed by atoms with Crippen molar-refractivity contribution in [3.05, 3.63) is 39.0 Å². The molecule has 3 nitrogen and oxygen atoms in total. The molecule has 1 aliphatic rings. The fourth-order valence-corrected chi connectivity index (χ4v) is 4.36. The molecule has 1 heterocycles. The minimum atomic E-state index is 0.268. The van der Waals surface area contributed by atoms with Crippen LogP contribution in [0.2, 0.25) is 10.0 Å². The molecule has 0 saturated carbocycles. The van der Waals surface area contributed by atoms with Crippen molar-refractivity contribution < 1.29 is 4.79 Å². The zero-order valence-electron chi connectivity index (χ0n) is 12.3. The highest BCUT2D eigenvalue weighted by molar-refractivity contribution is 8.03. The van der Waals surface area contributed by atoms with E-state index in [2.05, 4.69) is 25.7 Å². The summed E-state index contributed by atoms with van der Waals surface area (Å²) in [6, 6.07) is 5.50. The summed E-state index contributed by atoms with van der Waals surface area (Å²) >= 11 is 13.7. The summed E-state index contributed by atoms with van der Waals surface area (Å²) in [6.45, 7) is 7.71. The first-order chi connectivity index (χ1) is 9.96. The lowest BCUT2D eigenvalue weighted by molar-refractivity contribution is -0.117. The second-order valence-corrected chi connectivity index (χ2v) is 7.06. The summed E-state index contributed by atoms with van der Waals surface area (Å²) in [5, 5.41) is 2.33. The maximum Gasteiger partial charge on any atom is 0.215 e. The van der Waals surface area contributed by atoms with Gasteiger partial charge in [-0.15, -0.1) is 0 Å². The summed E-state index contributed by atoms with van der Waals surface area (Å²) in [7, 11) is 0. The fraction of sp³-hybridized carbons (Fsp3) is 0.400. The molecule has 0 saturated heterocycles. The van der Waals surface area contributed by atoms with Crippen molar-refractivity contribution in [1.82, 2.24) is 9.80 Å². The van der Waals surface area contributed by atoms with Crippen LogP contribution in [0.5, 0.6) is 0 Å². The zero-order valence-corrected chi connectivity index (χ0v) is 14.6. The molecule has 114 valence electrons. The van der Waals surface area contributed by atoms with Crippen LogP contribution in [0.25, 0.3) is 0 Å². The Hall–Kier alpha value is -0.840. The van der Waals surface area contributed by atoms with Gasteiger partial charge in [-0.05, 0) is 31.0 Å². The van der Waals surface area contributed by atoms with Crippen LogP contribution >= 0.6 is 35.0 Å². The van der Waals surface area contributed by atoms with Crippen molar-refractivity contribution in [3.63, 3.8) is 0 Å². The van der Waals surface area contributed by atoms with Gasteiger partial charge in [0.25, 0.3) is 0 Å². The lowest BCUT2D eigenvalue weighted by Gasteiger charge is -2.19. The summed E-state index contributed by atoms with van der Waals surface area (Å²) in [6.07, 6.45) is 0.899. The van der Waals surface area contributed by atoms with Gasteiger partial charge >= 0.3 is 0 Å². The highest BCUT2D eigenvalue weighted by Crippen LogP contribution is 2.40. The van der Waals surface area contributed by atoms with Gasteiger partial charge in [-0.2, -0.15) is 0 Å². The first-order valence-corrected chi connectivity index (χ1v) is 8.38. The van der Waals surface area contributed by atoms with E-state index in [1.807, 2.05) is 12.1 Å². The molecule has 0 spiro atoms. The minimum absolute atomic E-state index is 0.268. The van der Waals surface area contributed by atoms with Crippen LogP contribution in [0.1, 0.15) is 20.8 Å². The van der Waals surface area contributed by atoms with Crippen molar-refractivity contribution >= 4 is 41.4 Å². The Kier molecular flexibility index (Phi) is 5.47. The number of hydrogen-bond donors (Lipinski definition) is 0. The van der Waals surface area contributed by atoms with Crippen molar-refractivity contribution in [3.8, 4) is 0 Å². The average Bonchev–Trinajstić information content (AvgIpc) is 2.75. The molecule has 0 unspecified atom stereocenters. The SMILES string of the molecule is CCN1CN(C=O)C(C(C)C)=C1Sc1cc(Cl)cc(Cl)c1. The zero-order chi connectivity index (χ0) is 15.6. The summed E-state index contributed by atoms with van der Waals surface area (Å²) in [5.41, 5.74) is 1.05. The molecule has 0 aliphatic carbocycles. The van der Waals surface area contributed by atoms with E-state index in [1.165, 1.54) is 0 Å². The molecule has 1 aromatic carbocycles. The summed E-state index contributed by atoms with van der Waals surface area (Å²) in [5.74, 6) is 0.268. The molecule has 1 amide bonds. The van der Waals surface area contributed by atoms with Crippen LogP contribution in [-0.4, -0.2) is 29.4 Å². The lowest BCUT2D eigenvalue weighted by Crippen LogP contribution is -2.27. The molecular formula is C15H18Cl2N2OS. The van der Waals surface area contributed by atoms with E-state index in [9.17, 15) is 4.79 Å². The Labute approximate surface area is 139 Å². The Balaban J connectivity index is 2.40. The number of allylic oxidation sites excluding steroid dienone is 1. The topological polar surface area (TPSA) is 23.6 Å². The largest absolute Gasteiger partial charge is 0.347 e. The van der Waals surface area contributed by atoms with E-state index < -0.39 is 0 Å². The number of nitrogens with zero attached hydrogens (tertiary/aromatic N) is 2. The van der Waals surface area contributed by atoms with E-state index >= 15 is 0 Å². The van der Waals surface area contributed by atoms with Crippen LogP contribution in [-0.2, 0) is 4.79 Å².